The van der Waals surface area contributed by atoms with E-state index < -0.39 is 11.4 Å². The number of benzene rings is 3. The lowest BCUT2D eigenvalue weighted by molar-refractivity contribution is 0.0490. The van der Waals surface area contributed by atoms with Crippen LogP contribution in [0, 0.1) is 0 Å². The molecule has 0 aliphatic rings. The minimum Gasteiger partial charge on any atom is -0.494 e. The van der Waals surface area contributed by atoms with Gasteiger partial charge in [0.05, 0.1) is 18.6 Å². The number of unbranched alkanes of at least 4 members (excludes halogenated alkanes) is 1. The molecule has 1 heterocycles. The molecule has 0 saturated carbocycles. The number of hydrogen-bond donors (Lipinski definition) is 1. The summed E-state index contributed by atoms with van der Waals surface area (Å²) in [5.41, 5.74) is 2.04. The van der Waals surface area contributed by atoms with Gasteiger partial charge in [-0.15, -0.1) is 0 Å². The number of anilines is 1. The van der Waals surface area contributed by atoms with Gasteiger partial charge in [0.15, 0.2) is 5.43 Å². The quantitative estimate of drug-likeness (QED) is 0.231. The predicted octanol–water partition coefficient (Wildman–Crippen LogP) is 5.62. The summed E-state index contributed by atoms with van der Waals surface area (Å²) in [6, 6.07) is 23.0. The highest BCUT2D eigenvalue weighted by Gasteiger charge is 2.14. The summed E-state index contributed by atoms with van der Waals surface area (Å²) in [4.78, 5) is 37.0. The highest BCUT2D eigenvalue weighted by atomic mass is 16.5. The maximum absolute atomic E-state index is 12.7. The lowest BCUT2D eigenvalue weighted by atomic mass is 10.1. The zero-order valence-electron chi connectivity index (χ0n) is 20.0. The molecule has 0 atom stereocenters. The standard InChI is InChI=1S/C29H27NO6/c1-2-34-29(33)27-19-25(31)24-18-22(13-16-26(24)36-27)30-28(32)21-11-14-23(15-12-21)35-17-7-6-10-20-8-4-3-5-9-20/h3-5,8-9,11-16,18-19H,2,6-7,10,17H2,1H3,(H,30,32). The summed E-state index contributed by atoms with van der Waals surface area (Å²) in [5, 5.41) is 3.03. The molecule has 0 fully saturated rings. The van der Waals surface area contributed by atoms with Crippen molar-refractivity contribution in [1.82, 2.24) is 0 Å². The number of aryl methyl sites for hydroxylation is 1. The monoisotopic (exact) mass is 485 g/mol. The first-order chi connectivity index (χ1) is 17.5. The number of carbonyl (C=O) groups is 2. The van der Waals surface area contributed by atoms with Crippen LogP contribution in [0.1, 0.15) is 46.2 Å². The third-order valence-electron chi connectivity index (χ3n) is 5.55. The normalized spacial score (nSPS) is 10.7. The van der Waals surface area contributed by atoms with Gasteiger partial charge in [-0.3, -0.25) is 9.59 Å². The van der Waals surface area contributed by atoms with Crippen molar-refractivity contribution in [1.29, 1.82) is 0 Å². The molecule has 0 bridgehead atoms. The van der Waals surface area contributed by atoms with Gasteiger partial charge >= 0.3 is 5.97 Å². The van der Waals surface area contributed by atoms with Crippen molar-refractivity contribution in [3.63, 3.8) is 0 Å². The summed E-state index contributed by atoms with van der Waals surface area (Å²) in [6.45, 7) is 2.45. The van der Waals surface area contributed by atoms with Crippen LogP contribution in [0.3, 0.4) is 0 Å². The highest BCUT2D eigenvalue weighted by molar-refractivity contribution is 6.05. The number of rotatable bonds is 10. The maximum Gasteiger partial charge on any atom is 0.374 e. The molecular weight excluding hydrogens is 458 g/mol. The van der Waals surface area contributed by atoms with Crippen LogP contribution in [0.5, 0.6) is 5.75 Å². The fraction of sp³-hybridized carbons (Fsp3) is 0.207. The molecule has 0 aliphatic heterocycles. The third-order valence-corrected chi connectivity index (χ3v) is 5.55. The molecule has 7 heteroatoms. The van der Waals surface area contributed by atoms with Gasteiger partial charge in [0.1, 0.15) is 11.3 Å². The second-order valence-corrected chi connectivity index (χ2v) is 8.18. The lowest BCUT2D eigenvalue weighted by Crippen LogP contribution is -2.13. The average molecular weight is 486 g/mol. The van der Waals surface area contributed by atoms with Crippen molar-refractivity contribution in [3.8, 4) is 5.75 Å². The van der Waals surface area contributed by atoms with Crippen LogP contribution in [0.25, 0.3) is 11.0 Å². The van der Waals surface area contributed by atoms with Gasteiger partial charge in [-0.1, -0.05) is 30.3 Å². The number of esters is 1. The van der Waals surface area contributed by atoms with Crippen molar-refractivity contribution < 1.29 is 23.5 Å². The Morgan fingerprint density at radius 3 is 2.44 bits per heavy atom. The molecular formula is C29H27NO6. The van der Waals surface area contributed by atoms with Crippen LogP contribution in [0.4, 0.5) is 5.69 Å². The van der Waals surface area contributed by atoms with E-state index in [0.29, 0.717) is 23.6 Å². The topological polar surface area (TPSA) is 94.8 Å². The van der Waals surface area contributed by atoms with Gasteiger partial charge in [-0.2, -0.15) is 0 Å². The molecule has 0 saturated heterocycles. The molecule has 0 unspecified atom stereocenters. The smallest absolute Gasteiger partial charge is 0.374 e. The molecule has 0 radical (unpaired) electrons. The van der Waals surface area contributed by atoms with Gasteiger partial charge in [-0.25, -0.2) is 4.79 Å². The van der Waals surface area contributed by atoms with E-state index in [-0.39, 0.29) is 29.2 Å². The van der Waals surface area contributed by atoms with E-state index in [2.05, 4.69) is 17.4 Å². The second kappa shape index (κ2) is 11.8. The van der Waals surface area contributed by atoms with E-state index in [1.165, 1.54) is 17.7 Å². The molecule has 184 valence electrons. The van der Waals surface area contributed by atoms with E-state index in [0.717, 1.165) is 25.3 Å². The second-order valence-electron chi connectivity index (χ2n) is 8.18. The average Bonchev–Trinajstić information content (AvgIpc) is 2.90. The summed E-state index contributed by atoms with van der Waals surface area (Å²) in [6.07, 6.45) is 3.00. The molecule has 0 aliphatic carbocycles. The third kappa shape index (κ3) is 6.39. The Kier molecular flexibility index (Phi) is 8.13. The Morgan fingerprint density at radius 1 is 0.917 bits per heavy atom. The fourth-order valence-corrected chi connectivity index (χ4v) is 3.71. The van der Waals surface area contributed by atoms with Crippen molar-refractivity contribution in [2.24, 2.45) is 0 Å². The van der Waals surface area contributed by atoms with Gasteiger partial charge in [0.2, 0.25) is 5.76 Å². The molecule has 0 spiro atoms. The van der Waals surface area contributed by atoms with Gasteiger partial charge in [0.25, 0.3) is 5.91 Å². The van der Waals surface area contributed by atoms with Crippen LogP contribution in [-0.2, 0) is 11.2 Å². The molecule has 4 aromatic rings. The number of fused-ring (bicyclic) bond motifs is 1. The Labute approximate surface area is 208 Å². The first-order valence-electron chi connectivity index (χ1n) is 11.9. The molecule has 7 nitrogen and oxygen atoms in total. The van der Waals surface area contributed by atoms with Crippen LogP contribution in [0.2, 0.25) is 0 Å². The lowest BCUT2D eigenvalue weighted by Gasteiger charge is -2.09. The molecule has 4 rings (SSSR count). The zero-order chi connectivity index (χ0) is 25.3. The maximum atomic E-state index is 12.7. The first-order valence-corrected chi connectivity index (χ1v) is 11.9. The number of amides is 1. The van der Waals surface area contributed by atoms with Gasteiger partial charge in [0, 0.05) is 17.3 Å². The van der Waals surface area contributed by atoms with E-state index in [1.807, 2.05) is 18.2 Å². The van der Waals surface area contributed by atoms with Crippen LogP contribution >= 0.6 is 0 Å². The van der Waals surface area contributed by atoms with Gasteiger partial charge < -0.3 is 19.2 Å². The Hall–Kier alpha value is -4.39. The summed E-state index contributed by atoms with van der Waals surface area (Å²) >= 11 is 0. The summed E-state index contributed by atoms with van der Waals surface area (Å²) < 4.78 is 16.2. The molecule has 1 amide bonds. The van der Waals surface area contributed by atoms with Crippen LogP contribution in [0.15, 0.2) is 88.1 Å². The van der Waals surface area contributed by atoms with E-state index in [1.54, 1.807) is 37.3 Å². The van der Waals surface area contributed by atoms with Crippen molar-refractivity contribution in [2.75, 3.05) is 18.5 Å². The number of hydrogen-bond acceptors (Lipinski definition) is 6. The van der Waals surface area contributed by atoms with Gasteiger partial charge in [-0.05, 0) is 74.2 Å². The van der Waals surface area contributed by atoms with Crippen molar-refractivity contribution >= 4 is 28.5 Å². The molecule has 1 aromatic heterocycles. The fourth-order valence-electron chi connectivity index (χ4n) is 3.71. The Balaban J connectivity index is 1.31. The molecule has 1 N–H and O–H groups in total. The largest absolute Gasteiger partial charge is 0.494 e. The van der Waals surface area contributed by atoms with Crippen molar-refractivity contribution in [3.05, 3.63) is 106 Å². The number of carbonyl (C=O) groups excluding carboxylic acids is 2. The van der Waals surface area contributed by atoms with E-state index >= 15 is 0 Å². The van der Waals surface area contributed by atoms with E-state index in [9.17, 15) is 14.4 Å². The minimum atomic E-state index is -0.700. The zero-order valence-corrected chi connectivity index (χ0v) is 20.0. The van der Waals surface area contributed by atoms with Crippen molar-refractivity contribution in [2.45, 2.75) is 26.2 Å². The molecule has 36 heavy (non-hydrogen) atoms. The first kappa shape index (κ1) is 24.7. The Morgan fingerprint density at radius 2 is 1.69 bits per heavy atom. The van der Waals surface area contributed by atoms with Crippen LogP contribution in [-0.4, -0.2) is 25.1 Å². The minimum absolute atomic E-state index is 0.162. The highest BCUT2D eigenvalue weighted by Crippen LogP contribution is 2.20. The van der Waals surface area contributed by atoms with Crippen LogP contribution < -0.4 is 15.5 Å². The SMILES string of the molecule is CCOC(=O)c1cc(=O)c2cc(NC(=O)c3ccc(OCCCCc4ccccc4)cc3)ccc2o1. The predicted molar refractivity (Wildman–Crippen MR) is 138 cm³/mol. The number of nitrogens with one attached hydrogen (secondary N) is 1. The van der Waals surface area contributed by atoms with E-state index in [4.69, 9.17) is 13.9 Å². The summed E-state index contributed by atoms with van der Waals surface area (Å²) in [5.74, 6) is -0.485. The summed E-state index contributed by atoms with van der Waals surface area (Å²) in [7, 11) is 0. The molecule has 3 aromatic carbocycles. The Bertz CT molecular complexity index is 1390. The number of ether oxygens (including phenoxy) is 2.